The number of hydrogen-bond donors (Lipinski definition) is 1. The highest BCUT2D eigenvalue weighted by molar-refractivity contribution is 5.59. The van der Waals surface area contributed by atoms with Crippen LogP contribution in [0, 0.1) is 17.7 Å². The second-order valence-electron chi connectivity index (χ2n) is 2.38. The highest BCUT2D eigenvalue weighted by Gasteiger charge is 2.00. The molecule has 0 radical (unpaired) electrons. The van der Waals surface area contributed by atoms with Crippen LogP contribution in [-0.4, -0.2) is 6.29 Å². The minimum atomic E-state index is -0.460. The van der Waals surface area contributed by atoms with E-state index in [0.29, 0.717) is 12.0 Å². The summed E-state index contributed by atoms with van der Waals surface area (Å²) in [6, 6.07) is 4.35. The molecule has 0 aliphatic heterocycles. The van der Waals surface area contributed by atoms with Gasteiger partial charge in [0.15, 0.2) is 0 Å². The van der Waals surface area contributed by atoms with E-state index in [9.17, 15) is 9.18 Å². The molecule has 0 aromatic heterocycles. The van der Waals surface area contributed by atoms with Gasteiger partial charge in [-0.25, -0.2) is 4.39 Å². The fourth-order valence-electron chi connectivity index (χ4n) is 0.854. The second kappa shape index (κ2) is 4.27. The van der Waals surface area contributed by atoms with Gasteiger partial charge in [-0.05, 0) is 12.1 Å². The van der Waals surface area contributed by atoms with E-state index in [2.05, 4.69) is 11.8 Å². The van der Waals surface area contributed by atoms with Crippen LogP contribution in [-0.2, 0) is 4.79 Å². The molecule has 3 heteroatoms. The van der Waals surface area contributed by atoms with Crippen molar-refractivity contribution in [3.8, 4) is 11.8 Å². The molecule has 0 saturated heterocycles. The first-order valence-electron chi connectivity index (χ1n) is 3.72. The number of nitrogen functional groups attached to an aromatic ring is 1. The molecule has 0 heterocycles. The molecule has 0 spiro atoms. The summed E-state index contributed by atoms with van der Waals surface area (Å²) in [5, 5.41) is 0. The Morgan fingerprint density at radius 1 is 1.54 bits per heavy atom. The summed E-state index contributed by atoms with van der Waals surface area (Å²) in [6.07, 6.45) is 0.748. The Labute approximate surface area is 75.6 Å². The molecule has 13 heavy (non-hydrogen) atoms. The third-order valence-corrected chi connectivity index (χ3v) is 1.44. The molecule has 1 aromatic rings. The summed E-state index contributed by atoms with van der Waals surface area (Å²) in [7, 11) is 0. The molecule has 1 aromatic carbocycles. The highest BCUT2D eigenvalue weighted by Crippen LogP contribution is 2.13. The molecular formula is C10H8FNO. The van der Waals surface area contributed by atoms with Gasteiger partial charge in [0.1, 0.15) is 12.1 Å². The van der Waals surface area contributed by atoms with Crippen molar-refractivity contribution in [3.63, 3.8) is 0 Å². The van der Waals surface area contributed by atoms with Crippen LogP contribution in [0.5, 0.6) is 0 Å². The monoisotopic (exact) mass is 177 g/mol. The molecule has 2 N–H and O–H groups in total. The fourth-order valence-corrected chi connectivity index (χ4v) is 0.854. The number of hydrogen-bond acceptors (Lipinski definition) is 2. The van der Waals surface area contributed by atoms with Crippen molar-refractivity contribution in [3.05, 3.63) is 29.6 Å². The van der Waals surface area contributed by atoms with Gasteiger partial charge in [0.2, 0.25) is 0 Å². The van der Waals surface area contributed by atoms with Crippen molar-refractivity contribution in [2.75, 3.05) is 5.73 Å². The van der Waals surface area contributed by atoms with Gasteiger partial charge in [0.25, 0.3) is 0 Å². The Morgan fingerprint density at radius 2 is 2.31 bits per heavy atom. The first kappa shape index (κ1) is 9.27. The van der Waals surface area contributed by atoms with Gasteiger partial charge in [0.05, 0.1) is 17.7 Å². The average molecular weight is 177 g/mol. The highest BCUT2D eigenvalue weighted by atomic mass is 19.1. The Kier molecular flexibility index (Phi) is 3.04. The molecule has 0 atom stereocenters. The van der Waals surface area contributed by atoms with E-state index >= 15 is 0 Å². The SMILES string of the molecule is Nc1cccc(F)c1C#CCC=O. The van der Waals surface area contributed by atoms with Crippen LogP contribution in [0.15, 0.2) is 18.2 Å². The topological polar surface area (TPSA) is 43.1 Å². The van der Waals surface area contributed by atoms with Gasteiger partial charge >= 0.3 is 0 Å². The number of anilines is 1. The molecule has 0 saturated carbocycles. The van der Waals surface area contributed by atoms with Crippen LogP contribution in [0.4, 0.5) is 10.1 Å². The molecule has 0 bridgehead atoms. The number of benzene rings is 1. The smallest absolute Gasteiger partial charge is 0.140 e. The van der Waals surface area contributed by atoms with E-state index in [1.165, 1.54) is 12.1 Å². The van der Waals surface area contributed by atoms with Gasteiger partial charge in [-0.15, -0.1) is 0 Å². The molecule has 66 valence electrons. The van der Waals surface area contributed by atoms with Gasteiger partial charge in [0, 0.05) is 0 Å². The van der Waals surface area contributed by atoms with E-state index in [1.807, 2.05) is 0 Å². The quantitative estimate of drug-likeness (QED) is 0.399. The van der Waals surface area contributed by atoms with Gasteiger partial charge < -0.3 is 10.5 Å². The standard InChI is InChI=1S/C10H8FNO/c11-9-5-3-6-10(12)8(9)4-1-2-7-13/h3,5-7H,2,12H2. The second-order valence-corrected chi connectivity index (χ2v) is 2.38. The summed E-state index contributed by atoms with van der Waals surface area (Å²) in [4.78, 5) is 9.94. The lowest BCUT2D eigenvalue weighted by Gasteiger charge is -1.97. The van der Waals surface area contributed by atoms with Crippen LogP contribution >= 0.6 is 0 Å². The Morgan fingerprint density at radius 3 is 2.92 bits per heavy atom. The number of halogens is 1. The van der Waals surface area contributed by atoms with Crippen molar-refractivity contribution in [2.45, 2.75) is 6.42 Å². The zero-order valence-electron chi connectivity index (χ0n) is 6.88. The first-order valence-corrected chi connectivity index (χ1v) is 3.72. The number of rotatable bonds is 1. The van der Waals surface area contributed by atoms with Crippen LogP contribution in [0.2, 0.25) is 0 Å². The van der Waals surface area contributed by atoms with E-state index in [-0.39, 0.29) is 12.0 Å². The van der Waals surface area contributed by atoms with E-state index in [4.69, 9.17) is 5.73 Å². The maximum atomic E-state index is 13.0. The minimum Gasteiger partial charge on any atom is -0.398 e. The van der Waals surface area contributed by atoms with Crippen molar-refractivity contribution in [1.82, 2.24) is 0 Å². The average Bonchev–Trinajstić information content (AvgIpc) is 2.10. The minimum absolute atomic E-state index is 0.0910. The summed E-state index contributed by atoms with van der Waals surface area (Å²) in [5.41, 5.74) is 5.92. The number of aldehydes is 1. The Balaban J connectivity index is 3.01. The lowest BCUT2D eigenvalue weighted by molar-refractivity contribution is -0.107. The lowest BCUT2D eigenvalue weighted by atomic mass is 10.1. The van der Waals surface area contributed by atoms with E-state index in [0.717, 1.165) is 0 Å². The van der Waals surface area contributed by atoms with Crippen LogP contribution in [0.25, 0.3) is 0 Å². The van der Waals surface area contributed by atoms with Gasteiger partial charge in [-0.3, -0.25) is 0 Å². The first-order chi connectivity index (χ1) is 6.25. The molecule has 0 fully saturated rings. The molecule has 0 aliphatic carbocycles. The fraction of sp³-hybridized carbons (Fsp3) is 0.100. The van der Waals surface area contributed by atoms with Gasteiger partial charge in [-0.2, -0.15) is 0 Å². The zero-order valence-corrected chi connectivity index (χ0v) is 6.88. The van der Waals surface area contributed by atoms with E-state index in [1.54, 1.807) is 6.07 Å². The molecular weight excluding hydrogens is 169 g/mol. The third-order valence-electron chi connectivity index (χ3n) is 1.44. The molecule has 0 aliphatic rings. The zero-order chi connectivity index (χ0) is 9.68. The maximum absolute atomic E-state index is 13.0. The molecule has 0 amide bonds. The summed E-state index contributed by atoms with van der Waals surface area (Å²) < 4.78 is 13.0. The number of nitrogens with two attached hydrogens (primary N) is 1. The normalized spacial score (nSPS) is 8.69. The summed E-state index contributed by atoms with van der Waals surface area (Å²) in [5.74, 6) is 4.54. The number of carbonyl (C=O) groups is 1. The lowest BCUT2D eigenvalue weighted by Crippen LogP contribution is -1.93. The molecule has 0 unspecified atom stereocenters. The Hall–Kier alpha value is -1.82. The van der Waals surface area contributed by atoms with Gasteiger partial charge in [-0.1, -0.05) is 17.9 Å². The van der Waals surface area contributed by atoms with Crippen molar-refractivity contribution in [1.29, 1.82) is 0 Å². The van der Waals surface area contributed by atoms with Crippen molar-refractivity contribution >= 4 is 12.0 Å². The van der Waals surface area contributed by atoms with Crippen LogP contribution in [0.1, 0.15) is 12.0 Å². The summed E-state index contributed by atoms with van der Waals surface area (Å²) >= 11 is 0. The van der Waals surface area contributed by atoms with Crippen LogP contribution < -0.4 is 5.73 Å². The van der Waals surface area contributed by atoms with Crippen LogP contribution in [0.3, 0.4) is 0 Å². The molecule has 1 rings (SSSR count). The Bertz CT molecular complexity index is 356. The predicted molar refractivity (Wildman–Crippen MR) is 48.4 cm³/mol. The van der Waals surface area contributed by atoms with Crippen molar-refractivity contribution < 1.29 is 9.18 Å². The van der Waals surface area contributed by atoms with Crippen molar-refractivity contribution in [2.24, 2.45) is 0 Å². The maximum Gasteiger partial charge on any atom is 0.140 e. The van der Waals surface area contributed by atoms with E-state index < -0.39 is 5.82 Å². The molecule has 2 nitrogen and oxygen atoms in total. The largest absolute Gasteiger partial charge is 0.398 e. The summed E-state index contributed by atoms with van der Waals surface area (Å²) in [6.45, 7) is 0. The third kappa shape index (κ3) is 2.31. The number of carbonyl (C=O) groups excluding carboxylic acids is 1. The predicted octanol–water partition coefficient (Wildman–Crippen LogP) is 1.35.